The molecule has 1 heterocycles. The number of ketones is 1. The standard InChI is InChI=1S/C24H19NO4/c1-16(26)17-6-9-20(10-7-17)25-24(27)23-13-12-22(29-23)15-28-21-11-8-18-4-2-3-5-19(18)14-21/h2-14H,15H2,1H3,(H,25,27). The van der Waals surface area contributed by atoms with Gasteiger partial charge in [0.1, 0.15) is 18.1 Å². The summed E-state index contributed by atoms with van der Waals surface area (Å²) in [6.07, 6.45) is 0. The van der Waals surface area contributed by atoms with Crippen LogP contribution in [0.5, 0.6) is 5.75 Å². The number of Topliss-reactive ketones (excluding diaryl/α,β-unsaturated/α-hetero) is 1. The zero-order valence-electron chi connectivity index (χ0n) is 15.8. The molecule has 0 bridgehead atoms. The second kappa shape index (κ2) is 8.02. The van der Waals surface area contributed by atoms with Crippen molar-refractivity contribution < 1.29 is 18.7 Å². The summed E-state index contributed by atoms with van der Waals surface area (Å²) in [6.45, 7) is 1.72. The second-order valence-electron chi connectivity index (χ2n) is 6.65. The molecule has 0 saturated heterocycles. The van der Waals surface area contributed by atoms with Gasteiger partial charge in [0, 0.05) is 11.3 Å². The minimum absolute atomic E-state index is 0.0232. The molecule has 0 unspecified atom stereocenters. The van der Waals surface area contributed by atoms with E-state index < -0.39 is 0 Å². The second-order valence-corrected chi connectivity index (χ2v) is 6.65. The van der Waals surface area contributed by atoms with Crippen LogP contribution in [0.4, 0.5) is 5.69 Å². The van der Waals surface area contributed by atoms with Crippen LogP contribution < -0.4 is 10.1 Å². The van der Waals surface area contributed by atoms with Crippen molar-refractivity contribution in [1.82, 2.24) is 0 Å². The lowest BCUT2D eigenvalue weighted by Gasteiger charge is -2.06. The van der Waals surface area contributed by atoms with Crippen molar-refractivity contribution in [2.24, 2.45) is 0 Å². The Morgan fingerprint density at radius 2 is 1.66 bits per heavy atom. The normalized spacial score (nSPS) is 10.7. The fourth-order valence-corrected chi connectivity index (χ4v) is 2.97. The Morgan fingerprint density at radius 3 is 2.41 bits per heavy atom. The number of nitrogens with one attached hydrogen (secondary N) is 1. The lowest BCUT2D eigenvalue weighted by Crippen LogP contribution is -2.11. The van der Waals surface area contributed by atoms with E-state index in [2.05, 4.69) is 5.32 Å². The van der Waals surface area contributed by atoms with E-state index in [-0.39, 0.29) is 24.1 Å². The predicted octanol–water partition coefficient (Wildman–Crippen LogP) is 5.47. The van der Waals surface area contributed by atoms with Crippen molar-refractivity contribution in [3.05, 3.63) is 95.9 Å². The van der Waals surface area contributed by atoms with E-state index in [4.69, 9.17) is 9.15 Å². The van der Waals surface area contributed by atoms with E-state index in [1.54, 1.807) is 36.4 Å². The number of carbonyl (C=O) groups excluding carboxylic acids is 2. The third-order valence-electron chi connectivity index (χ3n) is 4.54. The van der Waals surface area contributed by atoms with E-state index in [1.165, 1.54) is 6.92 Å². The first-order valence-electron chi connectivity index (χ1n) is 9.21. The van der Waals surface area contributed by atoms with Crippen molar-refractivity contribution >= 4 is 28.2 Å². The van der Waals surface area contributed by atoms with Crippen molar-refractivity contribution in [3.63, 3.8) is 0 Å². The zero-order chi connectivity index (χ0) is 20.2. The molecule has 0 radical (unpaired) electrons. The zero-order valence-corrected chi connectivity index (χ0v) is 15.8. The van der Waals surface area contributed by atoms with Crippen LogP contribution in [0.3, 0.4) is 0 Å². The Labute approximate surface area is 167 Å². The average Bonchev–Trinajstić information content (AvgIpc) is 3.22. The van der Waals surface area contributed by atoms with Crippen LogP contribution in [0, 0.1) is 0 Å². The molecule has 1 aromatic heterocycles. The Kier molecular flexibility index (Phi) is 5.12. The highest BCUT2D eigenvalue weighted by Crippen LogP contribution is 2.22. The van der Waals surface area contributed by atoms with E-state index >= 15 is 0 Å². The van der Waals surface area contributed by atoms with Crippen LogP contribution >= 0.6 is 0 Å². The summed E-state index contributed by atoms with van der Waals surface area (Å²) in [5, 5.41) is 4.99. The van der Waals surface area contributed by atoms with E-state index in [9.17, 15) is 9.59 Å². The van der Waals surface area contributed by atoms with Gasteiger partial charge in [0.05, 0.1) is 0 Å². The third-order valence-corrected chi connectivity index (χ3v) is 4.54. The molecule has 144 valence electrons. The Balaban J connectivity index is 1.38. The fraction of sp³-hybridized carbons (Fsp3) is 0.0833. The minimum Gasteiger partial charge on any atom is -0.486 e. The van der Waals surface area contributed by atoms with Gasteiger partial charge in [-0.15, -0.1) is 0 Å². The summed E-state index contributed by atoms with van der Waals surface area (Å²) in [4.78, 5) is 23.7. The van der Waals surface area contributed by atoms with E-state index in [0.29, 0.717) is 17.0 Å². The highest BCUT2D eigenvalue weighted by molar-refractivity contribution is 6.02. The first-order valence-corrected chi connectivity index (χ1v) is 9.21. The smallest absolute Gasteiger partial charge is 0.291 e. The summed E-state index contributed by atoms with van der Waals surface area (Å²) >= 11 is 0. The van der Waals surface area contributed by atoms with Crippen LogP contribution in [0.1, 0.15) is 33.6 Å². The van der Waals surface area contributed by atoms with Gasteiger partial charge in [0.2, 0.25) is 0 Å². The molecule has 0 fully saturated rings. The molecule has 0 saturated carbocycles. The molecule has 4 rings (SSSR count). The van der Waals surface area contributed by atoms with Gasteiger partial charge in [0.15, 0.2) is 11.5 Å². The Morgan fingerprint density at radius 1 is 0.897 bits per heavy atom. The molecule has 0 aliphatic carbocycles. The predicted molar refractivity (Wildman–Crippen MR) is 111 cm³/mol. The molecule has 4 aromatic rings. The van der Waals surface area contributed by atoms with Crippen molar-refractivity contribution in [2.75, 3.05) is 5.32 Å². The summed E-state index contributed by atoms with van der Waals surface area (Å²) < 4.78 is 11.4. The first-order chi connectivity index (χ1) is 14.1. The summed E-state index contributed by atoms with van der Waals surface area (Å²) in [6, 6.07) is 24.0. The number of anilines is 1. The molecular formula is C24H19NO4. The highest BCUT2D eigenvalue weighted by Gasteiger charge is 2.12. The monoisotopic (exact) mass is 385 g/mol. The quantitative estimate of drug-likeness (QED) is 0.447. The number of benzene rings is 3. The first kappa shape index (κ1) is 18.5. The van der Waals surface area contributed by atoms with Crippen molar-refractivity contribution in [1.29, 1.82) is 0 Å². The molecular weight excluding hydrogens is 366 g/mol. The lowest BCUT2D eigenvalue weighted by atomic mass is 10.1. The Bertz CT molecular complexity index is 1170. The van der Waals surface area contributed by atoms with Gasteiger partial charge in [-0.1, -0.05) is 30.3 Å². The van der Waals surface area contributed by atoms with Crippen LogP contribution in [-0.4, -0.2) is 11.7 Å². The molecule has 0 aliphatic rings. The molecule has 1 amide bonds. The number of amides is 1. The molecule has 0 spiro atoms. The number of fused-ring (bicyclic) bond motifs is 1. The maximum absolute atomic E-state index is 12.4. The summed E-state index contributed by atoms with van der Waals surface area (Å²) in [7, 11) is 0. The molecule has 1 N–H and O–H groups in total. The lowest BCUT2D eigenvalue weighted by molar-refractivity contribution is 0.0990. The number of rotatable bonds is 6. The number of carbonyl (C=O) groups is 2. The van der Waals surface area contributed by atoms with Crippen molar-refractivity contribution in [2.45, 2.75) is 13.5 Å². The largest absolute Gasteiger partial charge is 0.486 e. The third kappa shape index (κ3) is 4.35. The molecule has 5 nitrogen and oxygen atoms in total. The van der Waals surface area contributed by atoms with Gasteiger partial charge in [-0.2, -0.15) is 0 Å². The SMILES string of the molecule is CC(=O)c1ccc(NC(=O)c2ccc(COc3ccc4ccccc4c3)o2)cc1. The van der Waals surface area contributed by atoms with E-state index in [1.807, 2.05) is 42.5 Å². The summed E-state index contributed by atoms with van der Waals surface area (Å²) in [5.41, 5.74) is 1.18. The van der Waals surface area contributed by atoms with Gasteiger partial charge in [-0.3, -0.25) is 9.59 Å². The maximum Gasteiger partial charge on any atom is 0.291 e. The number of hydrogen-bond donors (Lipinski definition) is 1. The van der Waals surface area contributed by atoms with Crippen LogP contribution in [0.25, 0.3) is 10.8 Å². The molecule has 0 atom stereocenters. The molecule has 29 heavy (non-hydrogen) atoms. The van der Waals surface area contributed by atoms with Gasteiger partial charge >= 0.3 is 0 Å². The van der Waals surface area contributed by atoms with Gasteiger partial charge in [-0.25, -0.2) is 0 Å². The average molecular weight is 385 g/mol. The van der Waals surface area contributed by atoms with Crippen LogP contribution in [0.15, 0.2) is 83.3 Å². The number of ether oxygens (including phenoxy) is 1. The summed E-state index contributed by atoms with van der Waals surface area (Å²) in [5.74, 6) is 1.09. The number of furan rings is 1. The van der Waals surface area contributed by atoms with Crippen LogP contribution in [-0.2, 0) is 6.61 Å². The highest BCUT2D eigenvalue weighted by atomic mass is 16.5. The van der Waals surface area contributed by atoms with Gasteiger partial charge in [0.25, 0.3) is 5.91 Å². The Hall–Kier alpha value is -3.86. The van der Waals surface area contributed by atoms with Crippen molar-refractivity contribution in [3.8, 4) is 5.75 Å². The maximum atomic E-state index is 12.4. The minimum atomic E-state index is -0.363. The van der Waals surface area contributed by atoms with E-state index in [0.717, 1.165) is 16.5 Å². The molecule has 3 aromatic carbocycles. The molecule has 5 heteroatoms. The van der Waals surface area contributed by atoms with Crippen LogP contribution in [0.2, 0.25) is 0 Å². The number of hydrogen-bond acceptors (Lipinski definition) is 4. The van der Waals surface area contributed by atoms with Gasteiger partial charge in [-0.05, 0) is 66.2 Å². The molecule has 0 aliphatic heterocycles. The van der Waals surface area contributed by atoms with Gasteiger partial charge < -0.3 is 14.5 Å². The topological polar surface area (TPSA) is 68.5 Å². The fourth-order valence-electron chi connectivity index (χ4n) is 2.97.